The van der Waals surface area contributed by atoms with Crippen molar-refractivity contribution in [3.63, 3.8) is 0 Å². The third kappa shape index (κ3) is 5.21. The van der Waals surface area contributed by atoms with E-state index in [4.69, 9.17) is 4.52 Å². The third-order valence-electron chi connectivity index (χ3n) is 3.53. The van der Waals surface area contributed by atoms with Crippen LogP contribution in [0.3, 0.4) is 0 Å². The minimum absolute atomic E-state index is 0.108. The van der Waals surface area contributed by atoms with Gasteiger partial charge in [0.05, 0.1) is 21.7 Å². The number of hydrogen-bond acceptors (Lipinski definition) is 6. The largest absolute Gasteiger partial charge is 0.360 e. The van der Waals surface area contributed by atoms with Crippen molar-refractivity contribution in [3.8, 4) is 0 Å². The van der Waals surface area contributed by atoms with Crippen molar-refractivity contribution < 1.29 is 14.1 Å². The maximum Gasteiger partial charge on any atom is 0.258 e. The fourth-order valence-electron chi connectivity index (χ4n) is 2.41. The van der Waals surface area contributed by atoms with Gasteiger partial charge in [0, 0.05) is 17.1 Å². The van der Waals surface area contributed by atoms with E-state index >= 15 is 0 Å². The molecule has 2 heterocycles. The summed E-state index contributed by atoms with van der Waals surface area (Å²) >= 11 is 6.09. The van der Waals surface area contributed by atoms with E-state index in [2.05, 4.69) is 38.0 Å². The number of nitrogens with one attached hydrogen (secondary N) is 1. The zero-order valence-electron chi connectivity index (χ0n) is 15.0. The van der Waals surface area contributed by atoms with Gasteiger partial charge in [0.15, 0.2) is 10.6 Å². The highest BCUT2D eigenvalue weighted by Gasteiger charge is 2.10. The quantitative estimate of drug-likeness (QED) is 0.520. The average molecular weight is 481 g/mol. The number of thioether (sulfide) groups is 1. The van der Waals surface area contributed by atoms with Crippen LogP contribution in [0.4, 0.5) is 5.82 Å². The van der Waals surface area contributed by atoms with Crippen molar-refractivity contribution in [2.24, 2.45) is 4.99 Å². The Morgan fingerprint density at radius 1 is 1.43 bits per heavy atom. The van der Waals surface area contributed by atoms with Crippen molar-refractivity contribution in [1.82, 2.24) is 9.72 Å². The number of nitrogens with zero attached hydrogens (tertiary/aromatic N) is 3. The van der Waals surface area contributed by atoms with E-state index in [1.54, 1.807) is 19.1 Å². The zero-order valence-corrected chi connectivity index (χ0v) is 18.2. The molecule has 7 nitrogen and oxygen atoms in total. The molecule has 146 valence electrons. The molecule has 0 aliphatic carbocycles. The highest BCUT2D eigenvalue weighted by atomic mass is 79.9. The summed E-state index contributed by atoms with van der Waals surface area (Å²) in [7, 11) is 0. The molecule has 0 unspecified atom stereocenters. The molecule has 0 saturated heterocycles. The molecular weight excluding hydrogens is 464 g/mol. The first kappa shape index (κ1) is 20.6. The Hall–Kier alpha value is -2.17. The highest BCUT2D eigenvalue weighted by Crippen LogP contribution is 2.22. The summed E-state index contributed by atoms with van der Waals surface area (Å²) in [6.07, 6.45) is 1.77. The summed E-state index contributed by atoms with van der Waals surface area (Å²) < 4.78 is 8.82. The SMILES string of the molecule is C=CCn1c(=NC(=O)CSCC(=O)Nc2cc(C)on2)sc2cc(Br)ccc21. The zero-order chi connectivity index (χ0) is 20.1. The maximum absolute atomic E-state index is 12.3. The van der Waals surface area contributed by atoms with Crippen LogP contribution in [0.25, 0.3) is 10.2 Å². The molecule has 0 fully saturated rings. The molecule has 10 heteroatoms. The first-order valence-corrected chi connectivity index (χ1v) is 11.0. The molecular formula is C18H17BrN4O3S2. The van der Waals surface area contributed by atoms with Gasteiger partial charge in [-0.15, -0.1) is 18.3 Å². The van der Waals surface area contributed by atoms with E-state index in [9.17, 15) is 9.59 Å². The topological polar surface area (TPSA) is 89.5 Å². The van der Waals surface area contributed by atoms with Crippen LogP contribution in [0.2, 0.25) is 0 Å². The minimum atomic E-state index is -0.293. The first-order valence-electron chi connectivity index (χ1n) is 8.24. The number of carbonyl (C=O) groups is 2. The van der Waals surface area contributed by atoms with Gasteiger partial charge in [-0.05, 0) is 25.1 Å². The molecule has 3 rings (SSSR count). The Labute approximate surface area is 177 Å². The van der Waals surface area contributed by atoms with Crippen LogP contribution in [0.5, 0.6) is 0 Å². The van der Waals surface area contributed by atoms with Gasteiger partial charge in [0.25, 0.3) is 5.91 Å². The van der Waals surface area contributed by atoms with Gasteiger partial charge in [-0.2, -0.15) is 4.99 Å². The van der Waals surface area contributed by atoms with Crippen LogP contribution in [-0.2, 0) is 16.1 Å². The normalized spacial score (nSPS) is 11.7. The predicted molar refractivity (Wildman–Crippen MR) is 115 cm³/mol. The van der Waals surface area contributed by atoms with Crippen molar-refractivity contribution in [2.45, 2.75) is 13.5 Å². The molecule has 0 bridgehead atoms. The molecule has 28 heavy (non-hydrogen) atoms. The summed E-state index contributed by atoms with van der Waals surface area (Å²) in [4.78, 5) is 29.0. The molecule has 0 atom stereocenters. The summed E-state index contributed by atoms with van der Waals surface area (Å²) in [6.45, 7) is 6.07. The number of carbonyl (C=O) groups excluding carboxylic acids is 2. The Kier molecular flexibility index (Phi) is 6.87. The molecule has 0 radical (unpaired) electrons. The Bertz CT molecular complexity index is 1100. The molecule has 0 aliphatic heterocycles. The van der Waals surface area contributed by atoms with E-state index < -0.39 is 0 Å². The van der Waals surface area contributed by atoms with Gasteiger partial charge >= 0.3 is 0 Å². The van der Waals surface area contributed by atoms with E-state index in [1.165, 1.54) is 23.1 Å². The second kappa shape index (κ2) is 9.35. The Balaban J connectivity index is 1.64. The number of benzene rings is 1. The number of rotatable bonds is 7. The monoisotopic (exact) mass is 480 g/mol. The number of anilines is 1. The van der Waals surface area contributed by atoms with Crippen molar-refractivity contribution in [3.05, 3.63) is 52.0 Å². The van der Waals surface area contributed by atoms with E-state index in [0.717, 1.165) is 14.7 Å². The first-order chi connectivity index (χ1) is 13.5. The number of amides is 2. The van der Waals surface area contributed by atoms with Gasteiger partial charge in [-0.25, -0.2) is 0 Å². The van der Waals surface area contributed by atoms with Crippen molar-refractivity contribution in [2.75, 3.05) is 16.8 Å². The van der Waals surface area contributed by atoms with Gasteiger partial charge in [-0.1, -0.05) is 38.5 Å². The molecule has 1 N–H and O–H groups in total. The van der Waals surface area contributed by atoms with Crippen molar-refractivity contribution >= 4 is 66.9 Å². The lowest BCUT2D eigenvalue weighted by Crippen LogP contribution is -2.18. The van der Waals surface area contributed by atoms with Crippen LogP contribution in [0.1, 0.15) is 5.76 Å². The lowest BCUT2D eigenvalue weighted by Gasteiger charge is -2.01. The summed E-state index contributed by atoms with van der Waals surface area (Å²) in [5.41, 5.74) is 0.995. The van der Waals surface area contributed by atoms with Gasteiger partial charge in [0.1, 0.15) is 5.76 Å². The Morgan fingerprint density at radius 2 is 2.25 bits per heavy atom. The maximum atomic E-state index is 12.3. The van der Waals surface area contributed by atoms with Crippen LogP contribution in [0.15, 0.2) is 50.9 Å². The third-order valence-corrected chi connectivity index (χ3v) is 5.98. The van der Waals surface area contributed by atoms with E-state index in [-0.39, 0.29) is 23.3 Å². The molecule has 0 aliphatic rings. The second-order valence-corrected chi connectivity index (χ2v) is 8.68. The number of hydrogen-bond donors (Lipinski definition) is 1. The van der Waals surface area contributed by atoms with Crippen molar-refractivity contribution in [1.29, 1.82) is 0 Å². The highest BCUT2D eigenvalue weighted by molar-refractivity contribution is 9.10. The number of halogens is 1. The van der Waals surface area contributed by atoms with Gasteiger partial charge in [0.2, 0.25) is 5.91 Å². The molecule has 1 aromatic carbocycles. The van der Waals surface area contributed by atoms with Crippen LogP contribution in [-0.4, -0.2) is 33.0 Å². The number of allylic oxidation sites excluding steroid dienone is 1. The number of aromatic nitrogens is 2. The minimum Gasteiger partial charge on any atom is -0.360 e. The molecule has 0 spiro atoms. The van der Waals surface area contributed by atoms with Crippen LogP contribution >= 0.6 is 39.0 Å². The van der Waals surface area contributed by atoms with E-state index in [1.807, 2.05) is 22.8 Å². The average Bonchev–Trinajstić information content (AvgIpc) is 3.18. The molecule has 3 aromatic rings. The van der Waals surface area contributed by atoms with E-state index in [0.29, 0.717) is 22.9 Å². The van der Waals surface area contributed by atoms with Gasteiger partial charge < -0.3 is 14.4 Å². The smallest absolute Gasteiger partial charge is 0.258 e. The van der Waals surface area contributed by atoms with Crippen LogP contribution < -0.4 is 10.1 Å². The van der Waals surface area contributed by atoms with Gasteiger partial charge in [-0.3, -0.25) is 9.59 Å². The number of aryl methyl sites for hydroxylation is 1. The lowest BCUT2D eigenvalue weighted by atomic mass is 10.3. The predicted octanol–water partition coefficient (Wildman–Crippen LogP) is 3.75. The fraction of sp³-hybridized carbons (Fsp3) is 0.222. The summed E-state index contributed by atoms with van der Waals surface area (Å²) in [6, 6.07) is 7.55. The standard InChI is InChI=1S/C18H17BrN4O3S2/c1-3-6-23-13-5-4-12(19)8-14(13)28-18(23)21-17(25)10-27-9-16(24)20-15-7-11(2)26-22-15/h3-5,7-8H,1,6,9-10H2,2H3,(H,20,22,24). The molecule has 2 aromatic heterocycles. The second-order valence-electron chi connectivity index (χ2n) is 5.77. The summed E-state index contributed by atoms with van der Waals surface area (Å²) in [5, 5.41) is 6.31. The summed E-state index contributed by atoms with van der Waals surface area (Å²) in [5.74, 6) is 0.662. The lowest BCUT2D eigenvalue weighted by molar-refractivity contribution is -0.115. The number of thiazole rings is 1. The van der Waals surface area contributed by atoms with Crippen LogP contribution in [0, 0.1) is 6.92 Å². The molecule has 2 amide bonds. The fourth-order valence-corrected chi connectivity index (χ4v) is 4.62. The Morgan fingerprint density at radius 3 is 2.96 bits per heavy atom. The molecule has 0 saturated carbocycles. The number of fused-ring (bicyclic) bond motifs is 1.